The molecule has 0 aromatic carbocycles. The maximum Gasteiger partial charge on any atom is 0.472 e. The van der Waals surface area contributed by atoms with E-state index in [4.69, 9.17) is 32.3 Å². The van der Waals surface area contributed by atoms with Crippen LogP contribution in [0.4, 0.5) is 0 Å². The molecule has 0 fully saturated rings. The van der Waals surface area contributed by atoms with E-state index >= 15 is 0 Å². The molecule has 4 N–H and O–H groups in total. The van der Waals surface area contributed by atoms with E-state index in [2.05, 4.69) is 167 Å². The summed E-state index contributed by atoms with van der Waals surface area (Å²) in [5.41, 5.74) is 0. The third-order valence-electron chi connectivity index (χ3n) is 18.0. The molecule has 0 radical (unpaired) electrons. The fourth-order valence-corrected chi connectivity index (χ4v) is 13.1. The molecule has 0 amide bonds. The van der Waals surface area contributed by atoms with Gasteiger partial charge in [0.15, 0.2) is 6.10 Å². The zero-order valence-electron chi connectivity index (χ0n) is 68.7. The Morgan fingerprint density at radius 3 is 0.780 bits per heavy atom. The number of phosphoric acid groups is 2. The molecule has 0 rings (SSSR count). The lowest BCUT2D eigenvalue weighted by Gasteiger charge is -2.21. The van der Waals surface area contributed by atoms with E-state index in [9.17, 15) is 43.5 Å². The summed E-state index contributed by atoms with van der Waals surface area (Å²) in [7, 11) is -9.81. The lowest BCUT2D eigenvalue weighted by molar-refractivity contribution is -0.161. The van der Waals surface area contributed by atoms with Crippen LogP contribution < -0.4 is 0 Å². The second-order valence-electron chi connectivity index (χ2n) is 28.6. The van der Waals surface area contributed by atoms with E-state index < -0.39 is 91.5 Å². The number of hydrogen-bond acceptors (Lipinski definition) is 14. The summed E-state index contributed by atoms with van der Waals surface area (Å²) in [6.45, 7) is 2.44. The van der Waals surface area contributed by atoms with Gasteiger partial charge in [-0.3, -0.25) is 32.5 Å². The Labute approximate surface area is 664 Å². The predicted molar refractivity (Wildman–Crippen MR) is 454 cm³/mol. The maximum absolute atomic E-state index is 13.0. The summed E-state index contributed by atoms with van der Waals surface area (Å²) in [5, 5.41) is 20.7. The number of esters is 3. The van der Waals surface area contributed by atoms with Gasteiger partial charge < -0.3 is 34.2 Å². The van der Waals surface area contributed by atoms with Crippen molar-refractivity contribution in [1.29, 1.82) is 0 Å². The highest BCUT2D eigenvalue weighted by atomic mass is 31.2. The van der Waals surface area contributed by atoms with Gasteiger partial charge in [-0.25, -0.2) is 9.13 Å². The number of aliphatic hydroxyl groups excluding tert-OH is 2. The third-order valence-corrected chi connectivity index (χ3v) is 19.9. The summed E-state index contributed by atoms with van der Waals surface area (Å²) in [6.07, 6.45) is 103. The first-order chi connectivity index (χ1) is 53.2. The van der Waals surface area contributed by atoms with Crippen LogP contribution in [0.1, 0.15) is 355 Å². The van der Waals surface area contributed by atoms with Gasteiger partial charge in [-0.1, -0.05) is 340 Å². The van der Waals surface area contributed by atoms with Crippen molar-refractivity contribution in [2.24, 2.45) is 0 Å². The van der Waals surface area contributed by atoms with Crippen LogP contribution in [0, 0.1) is 0 Å². The number of rotatable bonds is 81. The number of aliphatic hydroxyl groups is 2. The molecule has 0 saturated carbocycles. The molecule has 0 aliphatic carbocycles. The Balaban J connectivity index is 4.45. The highest BCUT2D eigenvalue weighted by Crippen LogP contribution is 2.45. The number of hydrogen-bond donors (Lipinski definition) is 4. The van der Waals surface area contributed by atoms with E-state index in [1.807, 2.05) is 0 Å². The molecule has 0 bridgehead atoms. The second kappa shape index (κ2) is 82.9. The average Bonchev–Trinajstić information content (AvgIpc) is 0.916. The van der Waals surface area contributed by atoms with Crippen LogP contribution in [0.3, 0.4) is 0 Å². The molecule has 5 atom stereocenters. The maximum atomic E-state index is 13.0. The smallest absolute Gasteiger partial charge is 0.463 e. The highest BCUT2D eigenvalue weighted by Gasteiger charge is 2.29. The first-order valence-corrected chi connectivity index (χ1v) is 46.1. The molecule has 0 aliphatic rings. The van der Waals surface area contributed by atoms with Gasteiger partial charge in [-0.15, -0.1) is 0 Å². The Morgan fingerprint density at radius 2 is 0.486 bits per heavy atom. The van der Waals surface area contributed by atoms with Crippen molar-refractivity contribution in [1.82, 2.24) is 0 Å². The van der Waals surface area contributed by atoms with Crippen molar-refractivity contribution in [2.45, 2.75) is 373 Å². The molecule has 0 aromatic rings. The van der Waals surface area contributed by atoms with E-state index in [1.54, 1.807) is 0 Å². The van der Waals surface area contributed by atoms with E-state index in [0.29, 0.717) is 19.3 Å². The Hall–Kier alpha value is -4.57. The lowest BCUT2D eigenvalue weighted by atomic mass is 10.0. The summed E-state index contributed by atoms with van der Waals surface area (Å²) in [4.78, 5) is 58.8. The van der Waals surface area contributed by atoms with Crippen molar-refractivity contribution in [3.63, 3.8) is 0 Å². The van der Waals surface area contributed by atoms with Gasteiger partial charge in [0.05, 0.1) is 26.4 Å². The summed E-state index contributed by atoms with van der Waals surface area (Å²) in [6, 6.07) is 0. The molecule has 5 unspecified atom stereocenters. The molecule has 16 nitrogen and oxygen atoms in total. The number of carbonyl (C=O) groups excluding carboxylic acids is 3. The number of allylic oxidation sites excluding steroid dienone is 24. The molecule has 0 aliphatic heterocycles. The van der Waals surface area contributed by atoms with Gasteiger partial charge in [-0.05, 0) is 141 Å². The fourth-order valence-electron chi connectivity index (χ4n) is 11.5. The topological polar surface area (TPSA) is 231 Å². The van der Waals surface area contributed by atoms with Crippen molar-refractivity contribution < 1.29 is 75.8 Å². The zero-order chi connectivity index (χ0) is 79.4. The fraction of sp³-hybridized carbons (Fsp3) is 0.703. The van der Waals surface area contributed by atoms with Crippen LogP contribution in [0.25, 0.3) is 0 Å². The molecule has 18 heteroatoms. The van der Waals surface area contributed by atoms with E-state index in [-0.39, 0.29) is 19.3 Å². The monoisotopic (exact) mass is 1570 g/mol. The van der Waals surface area contributed by atoms with Gasteiger partial charge in [0.2, 0.25) is 0 Å². The molecule has 109 heavy (non-hydrogen) atoms. The van der Waals surface area contributed by atoms with Crippen LogP contribution in [-0.4, -0.2) is 95.9 Å². The summed E-state index contributed by atoms with van der Waals surface area (Å²) < 4.78 is 61.2. The van der Waals surface area contributed by atoms with Crippen molar-refractivity contribution >= 4 is 33.6 Å². The highest BCUT2D eigenvalue weighted by molar-refractivity contribution is 7.47. The predicted octanol–water partition coefficient (Wildman–Crippen LogP) is 26.0. The molecule has 0 heterocycles. The van der Waals surface area contributed by atoms with Crippen LogP contribution >= 0.6 is 15.6 Å². The third kappa shape index (κ3) is 84.2. The van der Waals surface area contributed by atoms with Crippen molar-refractivity contribution in [3.8, 4) is 0 Å². The minimum absolute atomic E-state index is 0.0864. The van der Waals surface area contributed by atoms with Crippen LogP contribution in [0.15, 0.2) is 146 Å². The molecule has 626 valence electrons. The van der Waals surface area contributed by atoms with E-state index in [1.165, 1.54) is 141 Å². The molecule has 0 spiro atoms. The number of ether oxygens (including phenoxy) is 3. The molecular formula is C91H156O16P2. The van der Waals surface area contributed by atoms with Gasteiger partial charge in [-0.2, -0.15) is 0 Å². The van der Waals surface area contributed by atoms with Gasteiger partial charge in [0.25, 0.3) is 0 Å². The van der Waals surface area contributed by atoms with Gasteiger partial charge in [0.1, 0.15) is 25.4 Å². The first-order valence-electron chi connectivity index (χ1n) is 43.1. The Bertz CT molecular complexity index is 2560. The standard InChI is InChI=1S/C91H156O16P2/c1-4-7-10-13-16-19-22-25-28-30-32-34-36-37-38-39-40-41-42-43-44-45-46-47-49-51-52-54-57-59-62-65-68-71-74-77-89(94)101-80-86(92)81-103-108(97,98)104-82-87(93)83-105-109(99,100)106-85-88(107-91(96)79-76-73-70-67-64-61-56-27-24-21-18-15-12-9-6-3)84-102-90(95)78-75-72-69-66-63-60-58-55-53-50-48-35-33-31-29-26-23-20-17-14-11-8-5-2/h7-8,10-11,16-17,19-20,25-29,32-35,37-38,50,53,56,58,60,86-88,92-93H,4-6,9,12-15,18,21-24,30-31,36,39-49,51-52,54-55,57,59,61-85H2,1-3H3,(H,97,98)(H,99,100)/b10-7-,11-8-,19-16-,20-17-,28-25-,29-26-,34-32-,35-33-,38-37-,53-50-,56-27-,60-58-. The van der Waals surface area contributed by atoms with Crippen molar-refractivity contribution in [2.75, 3.05) is 39.6 Å². The van der Waals surface area contributed by atoms with E-state index in [0.717, 1.165) is 154 Å². The second-order valence-corrected chi connectivity index (χ2v) is 31.5. The van der Waals surface area contributed by atoms with Crippen LogP contribution in [0.5, 0.6) is 0 Å². The summed E-state index contributed by atoms with van der Waals surface area (Å²) in [5.74, 6) is -1.61. The molecule has 0 aromatic heterocycles. The SMILES string of the molecule is CC/C=C\C/C=C\C/C=C\C/C=C\C/C=C\C/C=C\CCCCCCC(=O)OCC(COP(=O)(O)OCC(O)COP(=O)(O)OCC(O)COC(=O)CCCCCCCCCCCCCCCCCCCCC/C=C\C/C=C\C/C=C\C/C=C\C/C=C\CC)OC(=O)CCCCCCC/C=C\CCCCCCCC. The lowest BCUT2D eigenvalue weighted by Crippen LogP contribution is -2.30. The molecular weight excluding hydrogens is 1410 g/mol. The normalized spacial score (nSPS) is 14.6. The van der Waals surface area contributed by atoms with Crippen LogP contribution in [0.2, 0.25) is 0 Å². The minimum Gasteiger partial charge on any atom is -0.463 e. The number of unbranched alkanes of at least 4 members (excludes halogenated alkanes) is 34. The molecule has 0 saturated heterocycles. The van der Waals surface area contributed by atoms with Crippen molar-refractivity contribution in [3.05, 3.63) is 146 Å². The quantitative estimate of drug-likeness (QED) is 0.0146. The first kappa shape index (κ1) is 104. The average molecular weight is 1570 g/mol. The van der Waals surface area contributed by atoms with Gasteiger partial charge >= 0.3 is 33.6 Å². The summed E-state index contributed by atoms with van der Waals surface area (Å²) >= 11 is 0. The Morgan fingerprint density at radius 1 is 0.266 bits per heavy atom. The number of phosphoric ester groups is 2. The largest absolute Gasteiger partial charge is 0.472 e. The van der Waals surface area contributed by atoms with Gasteiger partial charge in [0, 0.05) is 19.3 Å². The zero-order valence-corrected chi connectivity index (χ0v) is 70.5. The van der Waals surface area contributed by atoms with Crippen LogP contribution in [-0.2, 0) is 55.8 Å². The Kier molecular flexibility index (Phi) is 79.4. The minimum atomic E-state index is -4.94. The number of carbonyl (C=O) groups is 3.